The van der Waals surface area contributed by atoms with Crippen LogP contribution in [-0.4, -0.2) is 37.8 Å². The molecular formula is C22H20N2O5S. The number of fused-ring (bicyclic) bond motifs is 1. The predicted molar refractivity (Wildman–Crippen MR) is 111 cm³/mol. The Labute approximate surface area is 174 Å². The second-order valence-corrected chi connectivity index (χ2v) is 8.91. The number of rotatable bonds is 6. The van der Waals surface area contributed by atoms with Crippen LogP contribution in [-0.2, 0) is 21.2 Å². The standard InChI is InChI=1S/C22H20N2O5S/c1-15-12-16-6-2-3-10-20(16)24(15)30(27,28)18-8-4-7-17(13-18)22(26)29-14-21(25)19-9-5-11-23-19/h2-11,13,15,23H,12,14H2,1H3. The third-order valence-corrected chi connectivity index (χ3v) is 6.93. The quantitative estimate of drug-likeness (QED) is 0.484. The number of benzene rings is 2. The normalized spacial score (nSPS) is 15.6. The Bertz CT molecular complexity index is 1200. The number of hydrogen-bond acceptors (Lipinski definition) is 5. The van der Waals surface area contributed by atoms with Crippen molar-refractivity contribution in [3.63, 3.8) is 0 Å². The Morgan fingerprint density at radius 2 is 1.90 bits per heavy atom. The first-order chi connectivity index (χ1) is 14.4. The van der Waals surface area contributed by atoms with E-state index >= 15 is 0 Å². The van der Waals surface area contributed by atoms with Gasteiger partial charge in [0.25, 0.3) is 10.0 Å². The molecule has 8 heteroatoms. The van der Waals surface area contributed by atoms with Gasteiger partial charge in [0.05, 0.1) is 21.8 Å². The third kappa shape index (κ3) is 3.61. The Morgan fingerprint density at radius 3 is 2.67 bits per heavy atom. The summed E-state index contributed by atoms with van der Waals surface area (Å²) < 4.78 is 33.1. The second-order valence-electron chi connectivity index (χ2n) is 7.09. The van der Waals surface area contributed by atoms with E-state index in [4.69, 9.17) is 4.74 Å². The summed E-state index contributed by atoms with van der Waals surface area (Å²) in [5.41, 5.74) is 2.01. The van der Waals surface area contributed by atoms with E-state index < -0.39 is 22.6 Å². The minimum Gasteiger partial charge on any atom is -0.454 e. The van der Waals surface area contributed by atoms with E-state index in [1.807, 2.05) is 19.1 Å². The lowest BCUT2D eigenvalue weighted by Gasteiger charge is -2.24. The molecule has 1 aromatic heterocycles. The van der Waals surface area contributed by atoms with Crippen molar-refractivity contribution in [1.29, 1.82) is 0 Å². The number of sulfonamides is 1. The van der Waals surface area contributed by atoms with E-state index in [0.29, 0.717) is 17.8 Å². The fourth-order valence-corrected chi connectivity index (χ4v) is 5.34. The topological polar surface area (TPSA) is 96.5 Å². The molecule has 0 spiro atoms. The molecule has 1 aliphatic heterocycles. The van der Waals surface area contributed by atoms with Crippen molar-refractivity contribution in [2.45, 2.75) is 24.3 Å². The number of H-pyrrole nitrogens is 1. The molecular weight excluding hydrogens is 404 g/mol. The van der Waals surface area contributed by atoms with Crippen molar-refractivity contribution < 1.29 is 22.7 Å². The largest absolute Gasteiger partial charge is 0.454 e. The fourth-order valence-electron chi connectivity index (χ4n) is 3.60. The molecule has 1 N–H and O–H groups in total. The van der Waals surface area contributed by atoms with Crippen LogP contribution in [0.1, 0.15) is 33.3 Å². The van der Waals surface area contributed by atoms with Gasteiger partial charge < -0.3 is 9.72 Å². The van der Waals surface area contributed by atoms with E-state index in [2.05, 4.69) is 4.98 Å². The molecule has 3 aromatic rings. The average Bonchev–Trinajstić information content (AvgIpc) is 3.39. The van der Waals surface area contributed by atoms with Crippen LogP contribution in [0.4, 0.5) is 5.69 Å². The Kier molecular flexibility index (Phi) is 5.17. The summed E-state index contributed by atoms with van der Waals surface area (Å²) in [6.07, 6.45) is 2.22. The van der Waals surface area contributed by atoms with Crippen LogP contribution in [0.2, 0.25) is 0 Å². The molecule has 2 aromatic carbocycles. The van der Waals surface area contributed by atoms with Gasteiger partial charge in [-0.2, -0.15) is 0 Å². The fraction of sp³-hybridized carbons (Fsp3) is 0.182. The zero-order valence-electron chi connectivity index (χ0n) is 16.2. The molecule has 1 atom stereocenters. The number of esters is 1. The molecule has 0 saturated heterocycles. The Hall–Kier alpha value is -3.39. The zero-order valence-corrected chi connectivity index (χ0v) is 17.1. The first-order valence-electron chi connectivity index (χ1n) is 9.44. The van der Waals surface area contributed by atoms with Crippen molar-refractivity contribution in [3.05, 3.63) is 83.7 Å². The first kappa shape index (κ1) is 19.9. The summed E-state index contributed by atoms with van der Waals surface area (Å²) in [5.74, 6) is -1.14. The molecule has 30 heavy (non-hydrogen) atoms. The highest BCUT2D eigenvalue weighted by molar-refractivity contribution is 7.92. The number of carbonyl (C=O) groups is 2. The van der Waals surface area contributed by atoms with Gasteiger partial charge >= 0.3 is 5.97 Å². The van der Waals surface area contributed by atoms with Crippen molar-refractivity contribution in [2.75, 3.05) is 10.9 Å². The van der Waals surface area contributed by atoms with Crippen LogP contribution in [0.3, 0.4) is 0 Å². The van der Waals surface area contributed by atoms with Gasteiger partial charge in [-0.15, -0.1) is 0 Å². The van der Waals surface area contributed by atoms with E-state index in [-0.39, 0.29) is 22.3 Å². The van der Waals surface area contributed by atoms with Crippen molar-refractivity contribution >= 4 is 27.5 Å². The van der Waals surface area contributed by atoms with E-state index in [0.717, 1.165) is 5.56 Å². The van der Waals surface area contributed by atoms with Crippen molar-refractivity contribution in [2.24, 2.45) is 0 Å². The van der Waals surface area contributed by atoms with Crippen molar-refractivity contribution in [3.8, 4) is 0 Å². The Balaban J connectivity index is 1.55. The van der Waals surface area contributed by atoms with Gasteiger partial charge in [0, 0.05) is 12.2 Å². The first-order valence-corrected chi connectivity index (χ1v) is 10.9. The van der Waals surface area contributed by atoms with Gasteiger partial charge in [0.1, 0.15) is 0 Å². The SMILES string of the molecule is CC1Cc2ccccc2N1S(=O)(=O)c1cccc(C(=O)OCC(=O)c2ccc[nH]2)c1. The zero-order chi connectivity index (χ0) is 21.3. The molecule has 0 aliphatic carbocycles. The molecule has 154 valence electrons. The smallest absolute Gasteiger partial charge is 0.338 e. The predicted octanol–water partition coefficient (Wildman–Crippen LogP) is 3.19. The number of nitrogens with zero attached hydrogens (tertiary/aromatic N) is 1. The van der Waals surface area contributed by atoms with Gasteiger partial charge in [-0.25, -0.2) is 13.2 Å². The minimum absolute atomic E-state index is 0.00352. The number of ketones is 1. The number of nitrogens with one attached hydrogen (secondary N) is 1. The molecule has 0 saturated carbocycles. The van der Waals surface area contributed by atoms with Crippen LogP contribution in [0, 0.1) is 0 Å². The maximum atomic E-state index is 13.3. The average molecular weight is 424 g/mol. The van der Waals surface area contributed by atoms with Crippen LogP contribution in [0.25, 0.3) is 0 Å². The number of hydrogen-bond donors (Lipinski definition) is 1. The molecule has 1 unspecified atom stereocenters. The highest BCUT2D eigenvalue weighted by atomic mass is 32.2. The number of para-hydroxylation sites is 1. The Morgan fingerprint density at radius 1 is 1.10 bits per heavy atom. The maximum Gasteiger partial charge on any atom is 0.338 e. The lowest BCUT2D eigenvalue weighted by Crippen LogP contribution is -2.35. The molecule has 0 radical (unpaired) electrons. The summed E-state index contributed by atoms with van der Waals surface area (Å²) in [5, 5.41) is 0. The van der Waals surface area contributed by atoms with E-state index in [1.54, 1.807) is 30.5 Å². The summed E-state index contributed by atoms with van der Waals surface area (Å²) in [7, 11) is -3.87. The molecule has 4 rings (SSSR count). The van der Waals surface area contributed by atoms with E-state index in [9.17, 15) is 18.0 Å². The van der Waals surface area contributed by atoms with Gasteiger partial charge in [0.15, 0.2) is 6.61 Å². The molecule has 0 amide bonds. The lowest BCUT2D eigenvalue weighted by molar-refractivity contribution is 0.0473. The summed E-state index contributed by atoms with van der Waals surface area (Å²) >= 11 is 0. The summed E-state index contributed by atoms with van der Waals surface area (Å²) in [4.78, 5) is 27.1. The molecule has 7 nitrogen and oxygen atoms in total. The highest BCUT2D eigenvalue weighted by Crippen LogP contribution is 2.36. The van der Waals surface area contributed by atoms with Gasteiger partial charge in [-0.3, -0.25) is 9.10 Å². The molecule has 0 fully saturated rings. The number of aromatic nitrogens is 1. The van der Waals surface area contributed by atoms with Gasteiger partial charge in [0.2, 0.25) is 5.78 Å². The maximum absolute atomic E-state index is 13.3. The molecule has 0 bridgehead atoms. The van der Waals surface area contributed by atoms with Crippen molar-refractivity contribution in [1.82, 2.24) is 4.98 Å². The van der Waals surface area contributed by atoms with E-state index in [1.165, 1.54) is 28.6 Å². The number of ether oxygens (including phenoxy) is 1. The molecule has 2 heterocycles. The number of Topliss-reactive ketones (excluding diaryl/α,β-unsaturated/α-hetero) is 1. The van der Waals surface area contributed by atoms with Crippen LogP contribution >= 0.6 is 0 Å². The monoisotopic (exact) mass is 424 g/mol. The number of aromatic amines is 1. The number of carbonyl (C=O) groups excluding carboxylic acids is 2. The summed E-state index contributed by atoms with van der Waals surface area (Å²) in [6.45, 7) is 1.41. The third-order valence-electron chi connectivity index (χ3n) is 5.00. The summed E-state index contributed by atoms with van der Waals surface area (Å²) in [6, 6.07) is 16.1. The highest BCUT2D eigenvalue weighted by Gasteiger charge is 2.36. The van der Waals surface area contributed by atoms with Gasteiger partial charge in [-0.05, 0) is 55.3 Å². The van der Waals surface area contributed by atoms with Crippen LogP contribution in [0.15, 0.2) is 71.8 Å². The van der Waals surface area contributed by atoms with Crippen LogP contribution < -0.4 is 4.31 Å². The van der Waals surface area contributed by atoms with Gasteiger partial charge in [-0.1, -0.05) is 24.3 Å². The molecule has 1 aliphatic rings. The second kappa shape index (κ2) is 7.79. The number of anilines is 1. The minimum atomic E-state index is -3.87. The lowest BCUT2D eigenvalue weighted by atomic mass is 10.1. The van der Waals surface area contributed by atoms with Crippen LogP contribution in [0.5, 0.6) is 0 Å².